The summed E-state index contributed by atoms with van der Waals surface area (Å²) in [5.74, 6) is 1.64. The monoisotopic (exact) mass is 522 g/mol. The zero-order chi connectivity index (χ0) is 26.9. The second kappa shape index (κ2) is 10.1. The largest absolute Gasteiger partial charge is 0.497 e. The number of amides is 2. The van der Waals surface area contributed by atoms with Crippen LogP contribution >= 0.6 is 0 Å². The third kappa shape index (κ3) is 4.50. The number of ether oxygens (including phenoxy) is 1. The van der Waals surface area contributed by atoms with Gasteiger partial charge in [0.25, 0.3) is 5.56 Å². The van der Waals surface area contributed by atoms with Crippen LogP contribution in [0.4, 0.5) is 22.0 Å². The number of carbonyl (C=O) groups excluding carboxylic acids is 1. The van der Waals surface area contributed by atoms with Crippen molar-refractivity contribution < 1.29 is 9.53 Å². The lowest BCUT2D eigenvalue weighted by molar-refractivity contribution is 0.183. The highest BCUT2D eigenvalue weighted by Gasteiger charge is 2.34. The predicted molar refractivity (Wildman–Crippen MR) is 145 cm³/mol. The summed E-state index contributed by atoms with van der Waals surface area (Å²) < 4.78 is 5.45. The molecule has 0 aliphatic carbocycles. The molecule has 5 heterocycles. The van der Waals surface area contributed by atoms with Crippen molar-refractivity contribution in [1.29, 1.82) is 5.26 Å². The standard InChI is InChI=1S/C28H26N8O3/c1-39-22-2-3-24-19(12-22)16-35(28(38)36(24)21-4-8-30-20(13-21)14-29)15-18-6-10-34(11-7-18)26-25-23(5-9-31-26)32-17-33-27(25)37/h2-5,8-9,12-13,17-18H,6-7,10-11,15-16H2,1H3,(H,32,33,37). The van der Waals surface area contributed by atoms with Crippen LogP contribution in [0, 0.1) is 17.2 Å². The van der Waals surface area contributed by atoms with Crippen LogP contribution in [0.15, 0.2) is 59.9 Å². The second-order valence-electron chi connectivity index (χ2n) is 9.70. The molecule has 0 saturated carbocycles. The van der Waals surface area contributed by atoms with Crippen LogP contribution in [-0.4, -0.2) is 57.6 Å². The lowest BCUT2D eigenvalue weighted by Gasteiger charge is -2.40. The Balaban J connectivity index is 1.23. The van der Waals surface area contributed by atoms with Crippen molar-refractivity contribution >= 4 is 34.1 Å². The number of anilines is 3. The molecule has 1 aromatic carbocycles. The number of carbonyl (C=O) groups is 1. The van der Waals surface area contributed by atoms with Gasteiger partial charge in [-0.2, -0.15) is 5.26 Å². The number of nitrogens with zero attached hydrogens (tertiary/aromatic N) is 7. The summed E-state index contributed by atoms with van der Waals surface area (Å²) in [5.41, 5.74) is 2.99. The molecule has 0 spiro atoms. The summed E-state index contributed by atoms with van der Waals surface area (Å²) in [6.45, 7) is 2.49. The van der Waals surface area contributed by atoms with Crippen LogP contribution in [0.2, 0.25) is 0 Å². The summed E-state index contributed by atoms with van der Waals surface area (Å²) in [6, 6.07) is 12.7. The lowest BCUT2D eigenvalue weighted by Crippen LogP contribution is -2.48. The minimum absolute atomic E-state index is 0.140. The first-order chi connectivity index (χ1) is 19.1. The van der Waals surface area contributed by atoms with Crippen molar-refractivity contribution in [3.05, 3.63) is 76.7 Å². The van der Waals surface area contributed by atoms with Gasteiger partial charge < -0.3 is 19.5 Å². The Morgan fingerprint density at radius 1 is 1.08 bits per heavy atom. The summed E-state index contributed by atoms with van der Waals surface area (Å²) in [4.78, 5) is 47.5. The van der Waals surface area contributed by atoms with Crippen LogP contribution in [0.5, 0.6) is 5.75 Å². The minimum atomic E-state index is -0.200. The van der Waals surface area contributed by atoms with Crippen LogP contribution in [0.1, 0.15) is 24.1 Å². The number of H-pyrrole nitrogens is 1. The van der Waals surface area contributed by atoms with Crippen molar-refractivity contribution in [2.24, 2.45) is 5.92 Å². The van der Waals surface area contributed by atoms with Gasteiger partial charge in [-0.15, -0.1) is 0 Å². The van der Waals surface area contributed by atoms with E-state index in [4.69, 9.17) is 4.74 Å². The topological polar surface area (TPSA) is 131 Å². The number of nitrogens with one attached hydrogen (secondary N) is 1. The first-order valence-electron chi connectivity index (χ1n) is 12.7. The van der Waals surface area contributed by atoms with Gasteiger partial charge in [0.1, 0.15) is 28.7 Å². The molecule has 1 saturated heterocycles. The average molecular weight is 523 g/mol. The molecule has 11 nitrogen and oxygen atoms in total. The highest BCUT2D eigenvalue weighted by atomic mass is 16.5. The van der Waals surface area contributed by atoms with E-state index in [0.29, 0.717) is 35.5 Å². The van der Waals surface area contributed by atoms with E-state index in [1.807, 2.05) is 23.1 Å². The van der Waals surface area contributed by atoms with Gasteiger partial charge in [0.05, 0.1) is 30.3 Å². The van der Waals surface area contributed by atoms with Crippen molar-refractivity contribution in [3.63, 3.8) is 0 Å². The van der Waals surface area contributed by atoms with E-state index in [-0.39, 0.29) is 23.2 Å². The highest BCUT2D eigenvalue weighted by molar-refractivity contribution is 6.02. The molecular weight excluding hydrogens is 496 g/mol. The van der Waals surface area contributed by atoms with Crippen LogP contribution < -0.4 is 20.1 Å². The van der Waals surface area contributed by atoms with Crippen molar-refractivity contribution in [3.8, 4) is 11.8 Å². The quantitative estimate of drug-likeness (QED) is 0.421. The van der Waals surface area contributed by atoms with E-state index < -0.39 is 0 Å². The summed E-state index contributed by atoms with van der Waals surface area (Å²) >= 11 is 0. The summed E-state index contributed by atoms with van der Waals surface area (Å²) in [7, 11) is 1.62. The Labute approximate surface area is 224 Å². The Hall–Kier alpha value is -4.98. The number of aromatic nitrogens is 4. The maximum atomic E-state index is 13.8. The van der Waals surface area contributed by atoms with Gasteiger partial charge in [0.2, 0.25) is 0 Å². The molecule has 2 aliphatic heterocycles. The van der Waals surface area contributed by atoms with E-state index in [2.05, 4.69) is 30.9 Å². The van der Waals surface area contributed by atoms with E-state index in [1.54, 1.807) is 42.6 Å². The van der Waals surface area contributed by atoms with Crippen LogP contribution in [0.25, 0.3) is 10.9 Å². The third-order valence-electron chi connectivity index (χ3n) is 7.39. The second-order valence-corrected chi connectivity index (χ2v) is 9.70. The van der Waals surface area contributed by atoms with E-state index in [0.717, 1.165) is 42.9 Å². The van der Waals surface area contributed by atoms with Gasteiger partial charge >= 0.3 is 6.03 Å². The molecule has 1 fully saturated rings. The SMILES string of the molecule is COc1ccc2c(c1)CN(CC1CCN(c3nccc4nc[nH]c(=O)c34)CC1)C(=O)N2c1ccnc(C#N)c1. The maximum Gasteiger partial charge on any atom is 0.329 e. The normalized spacial score (nSPS) is 15.8. The smallest absolute Gasteiger partial charge is 0.329 e. The number of pyridine rings is 2. The number of rotatable bonds is 5. The van der Waals surface area contributed by atoms with Crippen molar-refractivity contribution in [2.45, 2.75) is 19.4 Å². The molecule has 0 bridgehead atoms. The number of piperidine rings is 1. The first-order valence-corrected chi connectivity index (χ1v) is 12.7. The van der Waals surface area contributed by atoms with Crippen LogP contribution in [-0.2, 0) is 6.54 Å². The highest BCUT2D eigenvalue weighted by Crippen LogP contribution is 2.38. The Morgan fingerprint density at radius 2 is 1.90 bits per heavy atom. The molecular formula is C28H26N8O3. The molecule has 4 aromatic rings. The Morgan fingerprint density at radius 3 is 2.69 bits per heavy atom. The fourth-order valence-corrected chi connectivity index (χ4v) is 5.44. The van der Waals surface area contributed by atoms with Gasteiger partial charge in [0, 0.05) is 38.6 Å². The van der Waals surface area contributed by atoms with E-state index >= 15 is 0 Å². The Kier molecular flexibility index (Phi) is 6.28. The third-order valence-corrected chi connectivity index (χ3v) is 7.39. The zero-order valence-electron chi connectivity index (χ0n) is 21.4. The number of hydrogen-bond acceptors (Lipinski definition) is 8. The molecule has 2 amide bonds. The van der Waals surface area contributed by atoms with Gasteiger partial charge in [-0.25, -0.2) is 19.7 Å². The minimum Gasteiger partial charge on any atom is -0.497 e. The number of methoxy groups -OCH3 is 1. The van der Waals surface area contributed by atoms with Gasteiger partial charge in [-0.05, 0) is 60.7 Å². The van der Waals surface area contributed by atoms with E-state index in [9.17, 15) is 14.9 Å². The average Bonchev–Trinajstić information content (AvgIpc) is 2.97. The van der Waals surface area contributed by atoms with Crippen LogP contribution in [0.3, 0.4) is 0 Å². The molecule has 196 valence electrons. The molecule has 11 heteroatoms. The van der Waals surface area contributed by atoms with E-state index in [1.165, 1.54) is 6.33 Å². The number of urea groups is 1. The molecule has 2 aliphatic rings. The van der Waals surface area contributed by atoms with Crippen molar-refractivity contribution in [2.75, 3.05) is 36.5 Å². The molecule has 0 unspecified atom stereocenters. The number of aromatic amines is 1. The number of benzene rings is 1. The summed E-state index contributed by atoms with van der Waals surface area (Å²) in [6.07, 6.45) is 6.32. The number of hydrogen-bond donors (Lipinski definition) is 1. The molecule has 0 radical (unpaired) electrons. The zero-order valence-corrected chi connectivity index (χ0v) is 21.4. The molecule has 39 heavy (non-hydrogen) atoms. The first kappa shape index (κ1) is 24.4. The molecule has 1 N–H and O–H groups in total. The maximum absolute atomic E-state index is 13.8. The predicted octanol–water partition coefficient (Wildman–Crippen LogP) is 3.58. The van der Waals surface area contributed by atoms with Crippen molar-refractivity contribution in [1.82, 2.24) is 24.8 Å². The Bertz CT molecular complexity index is 1650. The fourth-order valence-electron chi connectivity index (χ4n) is 5.44. The molecule has 3 aromatic heterocycles. The fraction of sp³-hybridized carbons (Fsp3) is 0.286. The van der Waals surface area contributed by atoms with Gasteiger partial charge in [-0.3, -0.25) is 9.69 Å². The summed E-state index contributed by atoms with van der Waals surface area (Å²) in [5, 5.41) is 9.86. The molecule has 0 atom stereocenters. The molecule has 6 rings (SSSR count). The number of fused-ring (bicyclic) bond motifs is 2. The van der Waals surface area contributed by atoms with Gasteiger partial charge in [-0.1, -0.05) is 0 Å². The van der Waals surface area contributed by atoms with Gasteiger partial charge in [0.15, 0.2) is 0 Å². The number of nitriles is 1. The lowest BCUT2D eigenvalue weighted by atomic mass is 9.95.